The van der Waals surface area contributed by atoms with Gasteiger partial charge in [0.05, 0.1) is 11.9 Å². The van der Waals surface area contributed by atoms with Gasteiger partial charge in [-0.15, -0.1) is 0 Å². The second-order valence-corrected chi connectivity index (χ2v) is 6.27. The predicted molar refractivity (Wildman–Crippen MR) is 85.2 cm³/mol. The van der Waals surface area contributed by atoms with Crippen LogP contribution in [-0.4, -0.2) is 40.9 Å². The van der Waals surface area contributed by atoms with Crippen molar-refractivity contribution in [2.24, 2.45) is 0 Å². The number of unbranched alkanes of at least 4 members (excludes halogenated alkanes) is 1. The zero-order chi connectivity index (χ0) is 14.5. The van der Waals surface area contributed by atoms with Crippen LogP contribution in [-0.2, 0) is 6.54 Å². The van der Waals surface area contributed by atoms with Crippen LogP contribution in [0.25, 0.3) is 0 Å². The Balaban J connectivity index is 2.05. The van der Waals surface area contributed by atoms with Gasteiger partial charge in [-0.3, -0.25) is 4.79 Å². The first-order valence-corrected chi connectivity index (χ1v) is 8.11. The highest BCUT2D eigenvalue weighted by Crippen LogP contribution is 2.20. The SMILES string of the molecule is CCCCn1ncc(NC2CCN(C)CC2)c(Br)c1=O. The fraction of sp³-hybridized carbons (Fsp3) is 0.714. The number of piperidine rings is 1. The maximum Gasteiger partial charge on any atom is 0.283 e. The van der Waals surface area contributed by atoms with Crippen molar-refractivity contribution in [1.82, 2.24) is 14.7 Å². The Labute approximate surface area is 128 Å². The number of hydrogen-bond acceptors (Lipinski definition) is 4. The molecule has 2 rings (SSSR count). The average Bonchev–Trinajstić information content (AvgIpc) is 2.45. The number of halogens is 1. The van der Waals surface area contributed by atoms with Crippen LogP contribution in [0.4, 0.5) is 5.69 Å². The molecule has 0 unspecified atom stereocenters. The molecule has 1 aromatic rings. The second kappa shape index (κ2) is 7.22. The van der Waals surface area contributed by atoms with E-state index in [1.807, 2.05) is 0 Å². The number of aryl methyl sites for hydroxylation is 1. The summed E-state index contributed by atoms with van der Waals surface area (Å²) in [6.07, 6.45) is 5.99. The molecule has 1 N–H and O–H groups in total. The fourth-order valence-electron chi connectivity index (χ4n) is 2.41. The first kappa shape index (κ1) is 15.5. The Kier molecular flexibility index (Phi) is 5.60. The summed E-state index contributed by atoms with van der Waals surface area (Å²) in [7, 11) is 2.14. The summed E-state index contributed by atoms with van der Waals surface area (Å²) in [5.41, 5.74) is 0.772. The summed E-state index contributed by atoms with van der Waals surface area (Å²) < 4.78 is 2.13. The van der Waals surface area contributed by atoms with Crippen molar-refractivity contribution >= 4 is 21.6 Å². The lowest BCUT2D eigenvalue weighted by atomic mass is 10.1. The number of likely N-dealkylation sites (tertiary alicyclic amines) is 1. The number of anilines is 1. The minimum absolute atomic E-state index is 0.0450. The van der Waals surface area contributed by atoms with Gasteiger partial charge in [0.15, 0.2) is 0 Å². The van der Waals surface area contributed by atoms with Crippen LogP contribution in [0, 0.1) is 0 Å². The van der Waals surface area contributed by atoms with Gasteiger partial charge < -0.3 is 10.2 Å². The van der Waals surface area contributed by atoms with Crippen LogP contribution in [0.15, 0.2) is 15.5 Å². The Morgan fingerprint density at radius 1 is 1.45 bits per heavy atom. The van der Waals surface area contributed by atoms with Gasteiger partial charge in [-0.25, -0.2) is 4.68 Å². The molecule has 20 heavy (non-hydrogen) atoms. The molecule has 0 bridgehead atoms. The molecule has 6 heteroatoms. The molecule has 0 aliphatic carbocycles. The number of hydrogen-bond donors (Lipinski definition) is 1. The monoisotopic (exact) mass is 342 g/mol. The van der Waals surface area contributed by atoms with Crippen LogP contribution in [0.1, 0.15) is 32.6 Å². The van der Waals surface area contributed by atoms with Crippen LogP contribution >= 0.6 is 15.9 Å². The van der Waals surface area contributed by atoms with Crippen LogP contribution in [0.2, 0.25) is 0 Å². The summed E-state index contributed by atoms with van der Waals surface area (Å²) in [4.78, 5) is 14.5. The molecule has 1 saturated heterocycles. The molecule has 1 aliphatic rings. The van der Waals surface area contributed by atoms with E-state index >= 15 is 0 Å². The predicted octanol–water partition coefficient (Wildman–Crippen LogP) is 2.31. The summed E-state index contributed by atoms with van der Waals surface area (Å²) in [6.45, 7) is 4.98. The van der Waals surface area contributed by atoms with E-state index in [0.29, 0.717) is 17.1 Å². The maximum absolute atomic E-state index is 12.2. The molecule has 5 nitrogen and oxygen atoms in total. The van der Waals surface area contributed by atoms with E-state index in [0.717, 1.165) is 44.5 Å². The lowest BCUT2D eigenvalue weighted by Gasteiger charge is -2.30. The normalized spacial score (nSPS) is 17.4. The average molecular weight is 343 g/mol. The minimum atomic E-state index is -0.0450. The van der Waals surface area contributed by atoms with Gasteiger partial charge in [0.2, 0.25) is 0 Å². The topological polar surface area (TPSA) is 50.2 Å². The summed E-state index contributed by atoms with van der Waals surface area (Å²) in [6, 6.07) is 0.426. The van der Waals surface area contributed by atoms with Crippen molar-refractivity contribution in [3.63, 3.8) is 0 Å². The fourth-order valence-corrected chi connectivity index (χ4v) is 2.83. The summed E-state index contributed by atoms with van der Waals surface area (Å²) >= 11 is 3.42. The molecular weight excluding hydrogens is 320 g/mol. The van der Waals surface area contributed by atoms with Crippen molar-refractivity contribution in [2.75, 3.05) is 25.5 Å². The molecule has 0 radical (unpaired) electrons. The third kappa shape index (κ3) is 3.82. The first-order valence-electron chi connectivity index (χ1n) is 7.32. The molecule has 0 spiro atoms. The van der Waals surface area contributed by atoms with Crippen molar-refractivity contribution < 1.29 is 0 Å². The first-order chi connectivity index (χ1) is 9.61. The zero-order valence-corrected chi connectivity index (χ0v) is 13.8. The molecular formula is C14H23BrN4O. The largest absolute Gasteiger partial charge is 0.380 e. The van der Waals surface area contributed by atoms with Gasteiger partial charge in [0, 0.05) is 12.6 Å². The van der Waals surface area contributed by atoms with E-state index in [9.17, 15) is 4.79 Å². The zero-order valence-electron chi connectivity index (χ0n) is 12.2. The Morgan fingerprint density at radius 2 is 2.15 bits per heavy atom. The van der Waals surface area contributed by atoms with Crippen molar-refractivity contribution in [3.05, 3.63) is 21.0 Å². The smallest absolute Gasteiger partial charge is 0.283 e. The van der Waals surface area contributed by atoms with Crippen molar-refractivity contribution in [2.45, 2.75) is 45.2 Å². The molecule has 1 aliphatic heterocycles. The molecule has 0 atom stereocenters. The number of rotatable bonds is 5. The standard InChI is InChI=1S/C14H23BrN4O/c1-3-4-7-19-14(20)13(15)12(10-16-19)17-11-5-8-18(2)9-6-11/h10-11,17H,3-9H2,1-2H3. The molecule has 1 aromatic heterocycles. The minimum Gasteiger partial charge on any atom is -0.380 e. The van der Waals surface area contributed by atoms with E-state index in [1.54, 1.807) is 6.20 Å². The van der Waals surface area contributed by atoms with Crippen molar-refractivity contribution in [1.29, 1.82) is 0 Å². The quantitative estimate of drug-likeness (QED) is 0.891. The highest BCUT2D eigenvalue weighted by molar-refractivity contribution is 9.10. The number of aromatic nitrogens is 2. The Hall–Kier alpha value is -0.880. The van der Waals surface area contributed by atoms with Gasteiger partial charge in [-0.05, 0) is 55.3 Å². The molecule has 0 aromatic carbocycles. The highest BCUT2D eigenvalue weighted by Gasteiger charge is 2.18. The second-order valence-electron chi connectivity index (χ2n) is 5.48. The van der Waals surface area contributed by atoms with Crippen LogP contribution in [0.5, 0.6) is 0 Å². The molecule has 0 saturated carbocycles. The third-order valence-electron chi connectivity index (χ3n) is 3.79. The van der Waals surface area contributed by atoms with Gasteiger partial charge in [-0.2, -0.15) is 5.10 Å². The third-order valence-corrected chi connectivity index (χ3v) is 4.55. The molecule has 112 valence electrons. The number of nitrogens with one attached hydrogen (secondary N) is 1. The van der Waals surface area contributed by atoms with Crippen LogP contribution < -0.4 is 10.9 Å². The van der Waals surface area contributed by atoms with E-state index < -0.39 is 0 Å². The Bertz CT molecular complexity index is 494. The van der Waals surface area contributed by atoms with E-state index in [-0.39, 0.29) is 5.56 Å². The lowest BCUT2D eigenvalue weighted by Crippen LogP contribution is -2.37. The van der Waals surface area contributed by atoms with Gasteiger partial charge in [-0.1, -0.05) is 13.3 Å². The van der Waals surface area contributed by atoms with Gasteiger partial charge >= 0.3 is 0 Å². The maximum atomic E-state index is 12.2. The molecule has 1 fully saturated rings. The van der Waals surface area contributed by atoms with Crippen LogP contribution in [0.3, 0.4) is 0 Å². The highest BCUT2D eigenvalue weighted by atomic mass is 79.9. The molecule has 2 heterocycles. The van der Waals surface area contributed by atoms with E-state index in [1.165, 1.54) is 4.68 Å². The number of nitrogens with zero attached hydrogens (tertiary/aromatic N) is 3. The Morgan fingerprint density at radius 3 is 2.80 bits per heavy atom. The van der Waals surface area contributed by atoms with Gasteiger partial charge in [0.1, 0.15) is 4.47 Å². The van der Waals surface area contributed by atoms with E-state index in [4.69, 9.17) is 0 Å². The van der Waals surface area contributed by atoms with E-state index in [2.05, 4.69) is 45.2 Å². The lowest BCUT2D eigenvalue weighted by molar-refractivity contribution is 0.264. The molecule has 0 amide bonds. The van der Waals surface area contributed by atoms with Crippen molar-refractivity contribution in [3.8, 4) is 0 Å². The summed E-state index contributed by atoms with van der Waals surface area (Å²) in [5.74, 6) is 0. The summed E-state index contributed by atoms with van der Waals surface area (Å²) in [5, 5.41) is 7.70. The van der Waals surface area contributed by atoms with Gasteiger partial charge in [0.25, 0.3) is 5.56 Å².